The molecule has 0 radical (unpaired) electrons. The Balaban J connectivity index is 2.48. The molecule has 13 heavy (non-hydrogen) atoms. The molecule has 4 N–H and O–H groups in total. The average molecular weight is 191 g/mol. The number of rotatable bonds is 2. The van der Waals surface area contributed by atoms with Crippen LogP contribution in [-0.2, 0) is 4.74 Å². The molecule has 0 aromatic rings. The highest BCUT2D eigenvalue weighted by atomic mass is 16.5. The quantitative estimate of drug-likeness (QED) is 0.423. The molecule has 0 saturated carbocycles. The van der Waals surface area contributed by atoms with E-state index in [0.717, 1.165) is 0 Å². The van der Waals surface area contributed by atoms with Gasteiger partial charge in [-0.25, -0.2) is 0 Å². The Morgan fingerprint density at radius 1 is 1.23 bits per heavy atom. The monoisotopic (exact) mass is 191 g/mol. The van der Waals surface area contributed by atoms with Crippen LogP contribution in [0.4, 0.5) is 0 Å². The Labute approximate surface area is 77.3 Å². The molecule has 1 aliphatic heterocycles. The molecular weight excluding hydrogens is 174 g/mol. The smallest absolute Gasteiger partial charge is 0.137 e. The Bertz CT molecular complexity index is 164. The summed E-state index contributed by atoms with van der Waals surface area (Å²) in [5.41, 5.74) is 0. The van der Waals surface area contributed by atoms with Gasteiger partial charge >= 0.3 is 0 Å². The van der Waals surface area contributed by atoms with E-state index in [1.807, 2.05) is 13.8 Å². The van der Waals surface area contributed by atoms with Crippen molar-refractivity contribution in [3.8, 4) is 0 Å². The van der Waals surface area contributed by atoms with Gasteiger partial charge in [0.2, 0.25) is 0 Å². The Morgan fingerprint density at radius 3 is 2.38 bits per heavy atom. The summed E-state index contributed by atoms with van der Waals surface area (Å²) in [5, 5.41) is 30.8. The van der Waals surface area contributed by atoms with Gasteiger partial charge in [-0.05, 0) is 13.8 Å². The number of hydrogen-bond acceptors (Lipinski definition) is 5. The van der Waals surface area contributed by atoms with Crippen LogP contribution < -0.4 is 5.32 Å². The summed E-state index contributed by atoms with van der Waals surface area (Å²) in [6.07, 6.45) is -3.81. The first-order chi connectivity index (χ1) is 6.02. The first kappa shape index (κ1) is 10.9. The molecule has 78 valence electrons. The van der Waals surface area contributed by atoms with Crippen LogP contribution in [0.2, 0.25) is 0 Å². The molecule has 0 aromatic carbocycles. The van der Waals surface area contributed by atoms with E-state index in [-0.39, 0.29) is 12.6 Å². The summed E-state index contributed by atoms with van der Waals surface area (Å²) < 4.78 is 5.11. The number of ether oxygens (including phenoxy) is 1. The summed E-state index contributed by atoms with van der Waals surface area (Å²) >= 11 is 0. The van der Waals surface area contributed by atoms with E-state index in [1.165, 1.54) is 0 Å². The van der Waals surface area contributed by atoms with Crippen molar-refractivity contribution >= 4 is 0 Å². The zero-order valence-corrected chi connectivity index (χ0v) is 7.84. The second-order valence-corrected chi connectivity index (χ2v) is 3.62. The minimum Gasteiger partial charge on any atom is -0.388 e. The van der Waals surface area contributed by atoms with E-state index in [2.05, 4.69) is 5.32 Å². The molecule has 4 atom stereocenters. The van der Waals surface area contributed by atoms with Crippen molar-refractivity contribution in [2.45, 2.75) is 44.4 Å². The average Bonchev–Trinajstić information content (AvgIpc) is 2.06. The van der Waals surface area contributed by atoms with Crippen LogP contribution in [0.5, 0.6) is 0 Å². The molecule has 0 spiro atoms. The van der Waals surface area contributed by atoms with Gasteiger partial charge in [-0.2, -0.15) is 0 Å². The summed E-state index contributed by atoms with van der Waals surface area (Å²) in [4.78, 5) is 0. The van der Waals surface area contributed by atoms with Crippen LogP contribution >= 0.6 is 0 Å². The van der Waals surface area contributed by atoms with Crippen LogP contribution in [-0.4, -0.2) is 52.5 Å². The molecule has 0 aromatic heterocycles. The third-order valence-electron chi connectivity index (χ3n) is 2.00. The molecule has 1 saturated heterocycles. The van der Waals surface area contributed by atoms with Gasteiger partial charge in [-0.3, -0.25) is 5.32 Å². The number of aliphatic hydroxyl groups excluding tert-OH is 3. The maximum absolute atomic E-state index is 9.46. The van der Waals surface area contributed by atoms with E-state index in [9.17, 15) is 10.2 Å². The molecule has 0 bridgehead atoms. The lowest BCUT2D eigenvalue weighted by atomic mass is 10.0. The molecule has 0 aliphatic carbocycles. The maximum Gasteiger partial charge on any atom is 0.137 e. The van der Waals surface area contributed by atoms with E-state index >= 15 is 0 Å². The molecular formula is C8H17NO4. The minimum absolute atomic E-state index is 0.0443. The molecule has 5 nitrogen and oxygen atoms in total. The van der Waals surface area contributed by atoms with Gasteiger partial charge in [0.15, 0.2) is 0 Å². The van der Waals surface area contributed by atoms with E-state index < -0.39 is 24.5 Å². The zero-order valence-electron chi connectivity index (χ0n) is 7.84. The lowest BCUT2D eigenvalue weighted by Gasteiger charge is -2.36. The zero-order chi connectivity index (χ0) is 10.0. The van der Waals surface area contributed by atoms with Gasteiger partial charge in [-0.1, -0.05) is 0 Å². The molecule has 5 heteroatoms. The van der Waals surface area contributed by atoms with Gasteiger partial charge in [0, 0.05) is 6.04 Å². The number of nitrogens with one attached hydrogen (secondary N) is 1. The molecule has 1 fully saturated rings. The highest BCUT2D eigenvalue weighted by molar-refractivity contribution is 4.85. The van der Waals surface area contributed by atoms with E-state index in [1.54, 1.807) is 0 Å². The summed E-state index contributed by atoms with van der Waals surface area (Å²) in [6.45, 7) is 3.86. The van der Waals surface area contributed by atoms with Gasteiger partial charge in [0.25, 0.3) is 0 Å². The highest BCUT2D eigenvalue weighted by Crippen LogP contribution is 2.13. The standard InChI is InChI=1S/C8H17NO4/c1-4(2)9-8-7(12)6(11)5(10)3-13-8/h4-12H,3H2,1-2H3/t5-,6-,7?,8-/m0/s1. The van der Waals surface area contributed by atoms with Crippen molar-refractivity contribution in [3.05, 3.63) is 0 Å². The van der Waals surface area contributed by atoms with Crippen LogP contribution in [0.1, 0.15) is 13.8 Å². The van der Waals surface area contributed by atoms with Gasteiger partial charge < -0.3 is 20.1 Å². The third-order valence-corrected chi connectivity index (χ3v) is 2.00. The van der Waals surface area contributed by atoms with Crippen molar-refractivity contribution in [2.24, 2.45) is 0 Å². The number of aliphatic hydroxyl groups is 3. The lowest BCUT2D eigenvalue weighted by Crippen LogP contribution is -2.59. The molecule has 1 heterocycles. The Kier molecular flexibility index (Phi) is 3.63. The Hall–Kier alpha value is -0.200. The van der Waals surface area contributed by atoms with Gasteiger partial charge in [-0.15, -0.1) is 0 Å². The fourth-order valence-corrected chi connectivity index (χ4v) is 1.28. The largest absolute Gasteiger partial charge is 0.388 e. The van der Waals surface area contributed by atoms with Gasteiger partial charge in [0.1, 0.15) is 24.5 Å². The Morgan fingerprint density at radius 2 is 1.85 bits per heavy atom. The molecule has 1 aliphatic rings. The van der Waals surface area contributed by atoms with Crippen molar-refractivity contribution in [2.75, 3.05) is 6.61 Å². The first-order valence-electron chi connectivity index (χ1n) is 4.44. The number of hydrogen-bond donors (Lipinski definition) is 4. The predicted molar refractivity (Wildman–Crippen MR) is 46.0 cm³/mol. The first-order valence-corrected chi connectivity index (χ1v) is 4.44. The molecule has 1 rings (SSSR count). The second kappa shape index (κ2) is 4.34. The second-order valence-electron chi connectivity index (χ2n) is 3.62. The fraction of sp³-hybridized carbons (Fsp3) is 1.00. The topological polar surface area (TPSA) is 82.0 Å². The SMILES string of the molecule is CC(C)N[C@H]1OC[C@H](O)[C@H](O)C1O. The van der Waals surface area contributed by atoms with E-state index in [0.29, 0.717) is 0 Å². The molecule has 0 amide bonds. The lowest BCUT2D eigenvalue weighted by molar-refractivity contribution is -0.196. The minimum atomic E-state index is -1.13. The summed E-state index contributed by atoms with van der Waals surface area (Å²) in [7, 11) is 0. The van der Waals surface area contributed by atoms with Crippen LogP contribution in [0.15, 0.2) is 0 Å². The van der Waals surface area contributed by atoms with E-state index in [4.69, 9.17) is 9.84 Å². The van der Waals surface area contributed by atoms with Gasteiger partial charge in [0.05, 0.1) is 6.61 Å². The fourth-order valence-electron chi connectivity index (χ4n) is 1.28. The maximum atomic E-state index is 9.46. The van der Waals surface area contributed by atoms with Crippen molar-refractivity contribution < 1.29 is 20.1 Å². The van der Waals surface area contributed by atoms with Crippen LogP contribution in [0, 0.1) is 0 Å². The molecule has 1 unspecified atom stereocenters. The van der Waals surface area contributed by atoms with Crippen LogP contribution in [0.25, 0.3) is 0 Å². The normalized spacial score (nSPS) is 41.1. The summed E-state index contributed by atoms with van der Waals surface area (Å²) in [5.74, 6) is 0. The third kappa shape index (κ3) is 2.62. The predicted octanol–water partition coefficient (Wildman–Crippen LogP) is -1.58. The van der Waals surface area contributed by atoms with Crippen molar-refractivity contribution in [3.63, 3.8) is 0 Å². The summed E-state index contributed by atoms with van der Waals surface area (Å²) in [6, 6.07) is 0.155. The highest BCUT2D eigenvalue weighted by Gasteiger charge is 2.37. The van der Waals surface area contributed by atoms with Crippen molar-refractivity contribution in [1.29, 1.82) is 0 Å². The van der Waals surface area contributed by atoms with Crippen LogP contribution in [0.3, 0.4) is 0 Å². The van der Waals surface area contributed by atoms with Crippen molar-refractivity contribution in [1.82, 2.24) is 5.32 Å².